The predicted octanol–water partition coefficient (Wildman–Crippen LogP) is 4.33. The highest BCUT2D eigenvalue weighted by Crippen LogP contribution is 2.35. The van der Waals surface area contributed by atoms with Gasteiger partial charge in [-0.2, -0.15) is 0 Å². The highest BCUT2D eigenvalue weighted by atomic mass is 16.5. The maximum absolute atomic E-state index is 6.04. The molecular formula is C28H28N4O3. The molecule has 7 nitrogen and oxygen atoms in total. The van der Waals surface area contributed by atoms with Crippen LogP contribution in [0.15, 0.2) is 60.9 Å². The molecule has 2 aromatic carbocycles. The molecule has 0 saturated carbocycles. The third-order valence-electron chi connectivity index (χ3n) is 6.70. The van der Waals surface area contributed by atoms with E-state index in [4.69, 9.17) is 24.2 Å². The number of nitrogens with one attached hydrogen (secondary N) is 1. The minimum Gasteiger partial charge on any atom is -0.493 e. The normalized spacial score (nSPS) is 15.7. The second kappa shape index (κ2) is 9.52. The molecule has 1 fully saturated rings. The Bertz CT molecular complexity index is 1390. The van der Waals surface area contributed by atoms with Crippen molar-refractivity contribution in [3.63, 3.8) is 0 Å². The van der Waals surface area contributed by atoms with E-state index in [-0.39, 0.29) is 0 Å². The van der Waals surface area contributed by atoms with Crippen molar-refractivity contribution in [1.82, 2.24) is 19.9 Å². The largest absolute Gasteiger partial charge is 0.493 e. The summed E-state index contributed by atoms with van der Waals surface area (Å²) in [4.78, 5) is 15.4. The van der Waals surface area contributed by atoms with Crippen LogP contribution in [0.5, 0.6) is 11.5 Å². The Labute approximate surface area is 204 Å². The molecule has 0 unspecified atom stereocenters. The smallest absolute Gasteiger partial charge is 0.161 e. The fourth-order valence-corrected chi connectivity index (χ4v) is 4.74. The quantitative estimate of drug-likeness (QED) is 0.435. The number of fused-ring (bicyclic) bond motifs is 2. The summed E-state index contributed by atoms with van der Waals surface area (Å²) in [5.74, 6) is 1.43. The van der Waals surface area contributed by atoms with Crippen LogP contribution in [0.1, 0.15) is 17.0 Å². The molecule has 1 aliphatic heterocycles. The fourth-order valence-electron chi connectivity index (χ4n) is 4.74. The van der Waals surface area contributed by atoms with E-state index in [1.54, 1.807) is 7.11 Å². The Balaban J connectivity index is 1.22. The van der Waals surface area contributed by atoms with Crippen molar-refractivity contribution in [3.05, 3.63) is 77.9 Å². The van der Waals surface area contributed by atoms with Gasteiger partial charge >= 0.3 is 0 Å². The van der Waals surface area contributed by atoms with Crippen LogP contribution in [0.25, 0.3) is 27.7 Å². The van der Waals surface area contributed by atoms with Gasteiger partial charge < -0.3 is 19.2 Å². The van der Waals surface area contributed by atoms with Crippen molar-refractivity contribution in [2.45, 2.75) is 6.42 Å². The van der Waals surface area contributed by atoms with E-state index >= 15 is 0 Å². The molecule has 35 heavy (non-hydrogen) atoms. The zero-order chi connectivity index (χ0) is 23.6. The molecule has 1 N–H and O–H groups in total. The molecule has 0 bridgehead atoms. The zero-order valence-electron chi connectivity index (χ0n) is 19.8. The number of rotatable bonds is 7. The third-order valence-corrected chi connectivity index (χ3v) is 6.70. The van der Waals surface area contributed by atoms with Crippen LogP contribution < -0.4 is 9.47 Å². The minimum atomic E-state index is 0.605. The van der Waals surface area contributed by atoms with E-state index in [1.165, 1.54) is 5.39 Å². The van der Waals surface area contributed by atoms with Gasteiger partial charge in [0.05, 0.1) is 43.6 Å². The lowest BCUT2D eigenvalue weighted by Gasteiger charge is -2.26. The first kappa shape index (κ1) is 21.8. The van der Waals surface area contributed by atoms with Crippen molar-refractivity contribution in [3.8, 4) is 22.8 Å². The second-order valence-electron chi connectivity index (χ2n) is 8.82. The van der Waals surface area contributed by atoms with Crippen LogP contribution >= 0.6 is 0 Å². The average molecular weight is 469 g/mol. The summed E-state index contributed by atoms with van der Waals surface area (Å²) in [5.41, 5.74) is 7.14. The lowest BCUT2D eigenvalue weighted by atomic mass is 10.0. The van der Waals surface area contributed by atoms with Gasteiger partial charge in [-0.1, -0.05) is 12.1 Å². The molecule has 2 aromatic heterocycles. The Morgan fingerprint density at radius 1 is 1.03 bits per heavy atom. The highest BCUT2D eigenvalue weighted by Gasteiger charge is 2.20. The Morgan fingerprint density at radius 2 is 1.91 bits per heavy atom. The molecule has 3 heterocycles. The molecule has 2 aliphatic rings. The average Bonchev–Trinajstić information content (AvgIpc) is 3.55. The summed E-state index contributed by atoms with van der Waals surface area (Å²) in [6.45, 7) is 4.95. The second-order valence-corrected chi connectivity index (χ2v) is 8.82. The maximum Gasteiger partial charge on any atom is 0.161 e. The summed E-state index contributed by atoms with van der Waals surface area (Å²) in [7, 11) is 1.67. The molecule has 178 valence electrons. The summed E-state index contributed by atoms with van der Waals surface area (Å²) in [6, 6.07) is 14.5. The van der Waals surface area contributed by atoms with Crippen molar-refractivity contribution < 1.29 is 14.2 Å². The number of ether oxygens (including phenoxy) is 3. The number of nitrogens with zero attached hydrogens (tertiary/aromatic N) is 3. The Kier molecular flexibility index (Phi) is 5.94. The van der Waals surface area contributed by atoms with E-state index in [2.05, 4.69) is 40.2 Å². The van der Waals surface area contributed by atoms with Crippen LogP contribution in [0.4, 0.5) is 0 Å². The lowest BCUT2D eigenvalue weighted by molar-refractivity contribution is 0.0321. The number of methoxy groups -OCH3 is 1. The molecule has 1 aliphatic carbocycles. The topological polar surface area (TPSA) is 72.5 Å². The highest BCUT2D eigenvalue weighted by molar-refractivity contribution is 5.89. The number of allylic oxidation sites excluding steroid dienone is 1. The summed E-state index contributed by atoms with van der Waals surface area (Å²) in [5, 5.41) is 1.19. The number of H-pyrrole nitrogens is 1. The van der Waals surface area contributed by atoms with Crippen molar-refractivity contribution >= 4 is 16.5 Å². The van der Waals surface area contributed by atoms with Gasteiger partial charge in [-0.3, -0.25) is 9.88 Å². The van der Waals surface area contributed by atoms with Gasteiger partial charge in [-0.05, 0) is 47.3 Å². The van der Waals surface area contributed by atoms with Gasteiger partial charge in [0.1, 0.15) is 6.61 Å². The number of morpholine rings is 1. The lowest BCUT2D eigenvalue weighted by Crippen LogP contribution is -2.38. The summed E-state index contributed by atoms with van der Waals surface area (Å²) >= 11 is 0. The van der Waals surface area contributed by atoms with Gasteiger partial charge in [-0.25, -0.2) is 4.98 Å². The van der Waals surface area contributed by atoms with Crippen molar-refractivity contribution in [1.29, 1.82) is 0 Å². The molecule has 0 atom stereocenters. The van der Waals surface area contributed by atoms with Gasteiger partial charge in [-0.15, -0.1) is 0 Å². The number of hydrogen-bond donors (Lipinski definition) is 1. The molecule has 7 heteroatoms. The molecule has 0 amide bonds. The molecule has 6 rings (SSSR count). The number of aromatic nitrogens is 3. The molecule has 4 aromatic rings. The van der Waals surface area contributed by atoms with Crippen LogP contribution in [-0.2, 0) is 11.2 Å². The monoisotopic (exact) mass is 468 g/mol. The predicted molar refractivity (Wildman–Crippen MR) is 136 cm³/mol. The van der Waals surface area contributed by atoms with Crippen LogP contribution in [-0.4, -0.2) is 66.4 Å². The molecule has 0 spiro atoms. The molecule has 1 saturated heterocycles. The minimum absolute atomic E-state index is 0.605. The van der Waals surface area contributed by atoms with E-state index < -0.39 is 0 Å². The van der Waals surface area contributed by atoms with Gasteiger partial charge in [0.15, 0.2) is 11.5 Å². The van der Waals surface area contributed by atoms with Gasteiger partial charge in [0, 0.05) is 48.9 Å². The van der Waals surface area contributed by atoms with E-state index in [1.807, 2.05) is 30.6 Å². The van der Waals surface area contributed by atoms with Crippen LogP contribution in [0, 0.1) is 0 Å². The number of aromatic amines is 1. The SMILES string of the molecule is COc1cc(-c2cnc3c(n2)C(c2ccc4[nH]ccc4c2)=CC3)ccc1OCCN1CCOCC1. The number of benzene rings is 2. The first-order valence-corrected chi connectivity index (χ1v) is 12.0. The first-order chi connectivity index (χ1) is 17.3. The standard InChI is InChI=1S/C28H28N4O3/c1-33-27-17-20(3-7-26(27)35-15-12-32-10-13-34-14-11-32)25-18-30-24-6-4-22(28(24)31-25)19-2-5-23-21(16-19)8-9-29-23/h2-5,7-9,16-18,29H,6,10-15H2,1H3. The summed E-state index contributed by atoms with van der Waals surface area (Å²) in [6.07, 6.45) is 6.82. The van der Waals surface area contributed by atoms with Crippen molar-refractivity contribution in [2.24, 2.45) is 0 Å². The Morgan fingerprint density at radius 3 is 2.80 bits per heavy atom. The molecule has 0 radical (unpaired) electrons. The fraction of sp³-hybridized carbons (Fsp3) is 0.286. The Hall–Kier alpha value is -3.68. The van der Waals surface area contributed by atoms with Crippen LogP contribution in [0.2, 0.25) is 0 Å². The van der Waals surface area contributed by atoms with Gasteiger partial charge in [0.2, 0.25) is 0 Å². The number of hydrogen-bond acceptors (Lipinski definition) is 6. The van der Waals surface area contributed by atoms with E-state index in [9.17, 15) is 0 Å². The third kappa shape index (κ3) is 4.40. The van der Waals surface area contributed by atoms with E-state index in [0.717, 1.165) is 84.3 Å². The first-order valence-electron chi connectivity index (χ1n) is 12.0. The zero-order valence-corrected chi connectivity index (χ0v) is 19.8. The molecular weight excluding hydrogens is 440 g/mol. The van der Waals surface area contributed by atoms with E-state index in [0.29, 0.717) is 12.4 Å². The van der Waals surface area contributed by atoms with Crippen molar-refractivity contribution in [2.75, 3.05) is 46.6 Å². The van der Waals surface area contributed by atoms with Gasteiger partial charge in [0.25, 0.3) is 0 Å². The maximum atomic E-state index is 6.04. The summed E-state index contributed by atoms with van der Waals surface area (Å²) < 4.78 is 17.1. The van der Waals surface area contributed by atoms with Crippen LogP contribution in [0.3, 0.4) is 0 Å².